The van der Waals surface area contributed by atoms with Gasteiger partial charge in [-0.1, -0.05) is 0 Å². The third-order valence-corrected chi connectivity index (χ3v) is 7.04. The quantitative estimate of drug-likeness (QED) is 0.552. The van der Waals surface area contributed by atoms with Gasteiger partial charge in [-0.15, -0.1) is 0 Å². The third kappa shape index (κ3) is 3.94. The van der Waals surface area contributed by atoms with E-state index in [4.69, 9.17) is 24.9 Å². The second-order valence-corrected chi connectivity index (χ2v) is 9.43. The maximum absolute atomic E-state index is 12.7. The summed E-state index contributed by atoms with van der Waals surface area (Å²) in [4.78, 5) is 43.5. The molecule has 6 rings (SSSR count). The van der Waals surface area contributed by atoms with Crippen molar-refractivity contribution in [1.82, 2.24) is 15.0 Å². The molecule has 3 aromatic rings. The number of nitrogens with zero attached hydrogens (tertiary/aromatic N) is 5. The van der Waals surface area contributed by atoms with Crippen LogP contribution >= 0.6 is 0 Å². The number of piperidine rings is 2. The molecule has 3 N–H and O–H groups in total. The number of ether oxygens (including phenoxy) is 1. The minimum Gasteiger partial charge on any atom is -0.471 e. The molecule has 3 aromatic heterocycles. The molecule has 0 bridgehead atoms. The minimum absolute atomic E-state index is 0.137. The molecule has 2 fully saturated rings. The molecule has 188 valence electrons. The summed E-state index contributed by atoms with van der Waals surface area (Å²) >= 11 is 0. The first-order valence-corrected chi connectivity index (χ1v) is 12.5. The summed E-state index contributed by atoms with van der Waals surface area (Å²) in [6, 6.07) is 5.78. The molecule has 0 saturated carbocycles. The molecular formula is C25H29N7O4. The van der Waals surface area contributed by atoms with E-state index in [1.54, 1.807) is 23.2 Å². The normalized spacial score (nSPS) is 20.5. The van der Waals surface area contributed by atoms with Gasteiger partial charge in [0.2, 0.25) is 11.9 Å². The maximum atomic E-state index is 12.7. The number of pyridine rings is 2. The number of nitrogens with one attached hydrogen (secondary N) is 1. The van der Waals surface area contributed by atoms with Crippen LogP contribution < -0.4 is 26.0 Å². The second-order valence-electron chi connectivity index (χ2n) is 9.43. The van der Waals surface area contributed by atoms with Crippen LogP contribution in [0.25, 0.3) is 11.2 Å². The number of aromatic amines is 1. The van der Waals surface area contributed by atoms with Crippen molar-refractivity contribution >= 4 is 34.7 Å². The predicted molar refractivity (Wildman–Crippen MR) is 135 cm³/mol. The first-order valence-electron chi connectivity index (χ1n) is 12.5. The van der Waals surface area contributed by atoms with E-state index in [2.05, 4.69) is 14.8 Å². The van der Waals surface area contributed by atoms with Crippen molar-refractivity contribution in [3.05, 3.63) is 52.3 Å². The van der Waals surface area contributed by atoms with Gasteiger partial charge in [-0.2, -0.15) is 4.98 Å². The van der Waals surface area contributed by atoms with E-state index < -0.39 is 12.1 Å². The van der Waals surface area contributed by atoms with Crippen molar-refractivity contribution in [3.8, 4) is 0 Å². The first kappa shape index (κ1) is 22.4. The smallest absolute Gasteiger partial charge is 0.299 e. The van der Waals surface area contributed by atoms with Crippen LogP contribution in [0.15, 0.2) is 45.6 Å². The summed E-state index contributed by atoms with van der Waals surface area (Å²) in [6.45, 7) is 3.44. The van der Waals surface area contributed by atoms with E-state index in [9.17, 15) is 9.59 Å². The lowest BCUT2D eigenvalue weighted by atomic mass is 10.1. The number of H-pyrrole nitrogens is 1. The minimum atomic E-state index is -0.885. The van der Waals surface area contributed by atoms with Crippen LogP contribution in [0, 0.1) is 0 Å². The highest BCUT2D eigenvalue weighted by Crippen LogP contribution is 2.42. The van der Waals surface area contributed by atoms with Crippen molar-refractivity contribution in [2.24, 2.45) is 5.73 Å². The van der Waals surface area contributed by atoms with Crippen LogP contribution in [0.3, 0.4) is 0 Å². The average Bonchev–Trinajstić information content (AvgIpc) is 3.54. The Morgan fingerprint density at radius 2 is 1.75 bits per heavy atom. The number of fused-ring (bicyclic) bond motifs is 1. The highest BCUT2D eigenvalue weighted by molar-refractivity contribution is 5.98. The Morgan fingerprint density at radius 1 is 1.03 bits per heavy atom. The van der Waals surface area contributed by atoms with Crippen LogP contribution in [0.4, 0.5) is 17.5 Å². The topological polar surface area (TPSA) is 134 Å². The van der Waals surface area contributed by atoms with Crippen molar-refractivity contribution in [1.29, 1.82) is 0 Å². The van der Waals surface area contributed by atoms with Gasteiger partial charge in [0.1, 0.15) is 12.0 Å². The maximum Gasteiger partial charge on any atom is 0.299 e. The number of carbonyl (C=O) groups excluding carboxylic acids is 1. The van der Waals surface area contributed by atoms with Gasteiger partial charge in [0.25, 0.3) is 17.5 Å². The number of anilines is 3. The summed E-state index contributed by atoms with van der Waals surface area (Å²) in [5.41, 5.74) is 7.53. The Labute approximate surface area is 207 Å². The van der Waals surface area contributed by atoms with Crippen molar-refractivity contribution in [2.45, 2.75) is 44.8 Å². The van der Waals surface area contributed by atoms with Crippen LogP contribution in [-0.2, 0) is 9.53 Å². The van der Waals surface area contributed by atoms with E-state index in [0.29, 0.717) is 34.3 Å². The number of nitrogens with two attached hydrogens (primary N) is 1. The molecule has 0 aliphatic carbocycles. The van der Waals surface area contributed by atoms with E-state index in [1.807, 2.05) is 6.07 Å². The lowest BCUT2D eigenvalue weighted by Gasteiger charge is -2.33. The molecule has 1 atom stereocenters. The number of hydrogen-bond acceptors (Lipinski definition) is 9. The molecule has 6 heterocycles. The number of amides is 1. The Kier molecular flexibility index (Phi) is 5.74. The Hall–Kier alpha value is -4.02. The molecular weight excluding hydrogens is 462 g/mol. The van der Waals surface area contributed by atoms with Gasteiger partial charge in [-0.05, 0) is 50.7 Å². The van der Waals surface area contributed by atoms with Gasteiger partial charge in [0.05, 0.1) is 11.3 Å². The molecule has 11 heteroatoms. The molecule has 3 aliphatic rings. The van der Waals surface area contributed by atoms with Gasteiger partial charge in [0, 0.05) is 38.4 Å². The number of aromatic nitrogens is 3. The predicted octanol–water partition coefficient (Wildman–Crippen LogP) is 2.75. The van der Waals surface area contributed by atoms with Crippen LogP contribution in [0.1, 0.15) is 50.3 Å². The average molecular weight is 492 g/mol. The van der Waals surface area contributed by atoms with Gasteiger partial charge in [0.15, 0.2) is 11.4 Å². The van der Waals surface area contributed by atoms with E-state index in [-0.39, 0.29) is 11.3 Å². The number of oxazole rings is 1. The molecule has 1 amide bonds. The third-order valence-electron chi connectivity index (χ3n) is 7.04. The monoisotopic (exact) mass is 491 g/mol. The zero-order valence-electron chi connectivity index (χ0n) is 20.0. The Morgan fingerprint density at radius 3 is 2.44 bits per heavy atom. The fourth-order valence-electron chi connectivity index (χ4n) is 5.22. The van der Waals surface area contributed by atoms with Crippen molar-refractivity contribution < 1.29 is 13.9 Å². The van der Waals surface area contributed by atoms with Gasteiger partial charge in [-0.3, -0.25) is 14.5 Å². The van der Waals surface area contributed by atoms with Crippen molar-refractivity contribution in [2.75, 3.05) is 40.9 Å². The lowest BCUT2D eigenvalue weighted by Crippen LogP contribution is -2.36. The van der Waals surface area contributed by atoms with Crippen LogP contribution in [-0.4, -0.2) is 47.0 Å². The largest absolute Gasteiger partial charge is 0.471 e. The molecule has 3 aliphatic heterocycles. The second kappa shape index (κ2) is 9.21. The van der Waals surface area contributed by atoms with E-state index in [1.165, 1.54) is 12.7 Å². The van der Waals surface area contributed by atoms with Crippen LogP contribution in [0.2, 0.25) is 0 Å². The van der Waals surface area contributed by atoms with E-state index >= 15 is 0 Å². The number of carbonyl (C=O) groups is 1. The highest BCUT2D eigenvalue weighted by Gasteiger charge is 2.38. The van der Waals surface area contributed by atoms with Gasteiger partial charge < -0.3 is 29.7 Å². The molecule has 0 spiro atoms. The fourth-order valence-corrected chi connectivity index (χ4v) is 5.22. The zero-order valence-corrected chi connectivity index (χ0v) is 20.0. The summed E-state index contributed by atoms with van der Waals surface area (Å²) in [5.74, 6) is -0.00293. The molecule has 1 unspecified atom stereocenters. The fraction of sp³-hybridized carbons (Fsp3) is 0.440. The zero-order chi connectivity index (χ0) is 24.6. The molecule has 0 aromatic carbocycles. The Balaban J connectivity index is 1.51. The number of hydrogen-bond donors (Lipinski definition) is 2. The molecule has 11 nitrogen and oxygen atoms in total. The molecule has 36 heavy (non-hydrogen) atoms. The SMILES string of the molecule is NC(=O)C1=COC(c2ccc[nH]c2=O)N1c1cc2oc(N3CCCCC3)nc2nc1N1CCCCC1. The summed E-state index contributed by atoms with van der Waals surface area (Å²) in [5, 5.41) is 0. The summed E-state index contributed by atoms with van der Waals surface area (Å²) < 4.78 is 12.0. The summed E-state index contributed by atoms with van der Waals surface area (Å²) in [7, 11) is 0. The Bertz CT molecular complexity index is 1370. The molecule has 2 saturated heterocycles. The van der Waals surface area contributed by atoms with Gasteiger partial charge in [-0.25, -0.2) is 4.98 Å². The molecule has 0 radical (unpaired) electrons. The number of rotatable bonds is 5. The number of primary amides is 1. The summed E-state index contributed by atoms with van der Waals surface area (Å²) in [6.07, 6.45) is 8.60. The van der Waals surface area contributed by atoms with Crippen LogP contribution in [0.5, 0.6) is 0 Å². The van der Waals surface area contributed by atoms with Crippen molar-refractivity contribution in [3.63, 3.8) is 0 Å². The highest BCUT2D eigenvalue weighted by atomic mass is 16.5. The lowest BCUT2D eigenvalue weighted by molar-refractivity contribution is -0.114. The standard InChI is InChI=1S/C25H29N7O4/c26-20(33)18-15-35-24(16-8-7-9-27-23(16)34)32(18)17-14-19-21(28-22(17)30-10-3-1-4-11-30)29-25(36-19)31-12-5-2-6-13-31/h7-9,14-15,24H,1-6,10-13H2,(H2,26,33)(H,27,34). The van der Waals surface area contributed by atoms with E-state index in [0.717, 1.165) is 58.3 Å². The first-order chi connectivity index (χ1) is 17.6. The van der Waals surface area contributed by atoms with Gasteiger partial charge >= 0.3 is 0 Å².